The van der Waals surface area contributed by atoms with Crippen molar-refractivity contribution in [3.8, 4) is 0 Å². The van der Waals surface area contributed by atoms with Crippen LogP contribution < -0.4 is 5.32 Å². The maximum Gasteiger partial charge on any atom is 0.0897 e. The predicted octanol–water partition coefficient (Wildman–Crippen LogP) is 4.12. The predicted molar refractivity (Wildman–Crippen MR) is 87.7 cm³/mol. The van der Waals surface area contributed by atoms with Crippen molar-refractivity contribution < 1.29 is 0 Å². The minimum absolute atomic E-state index is 0.567. The molecule has 0 aliphatic heterocycles. The zero-order valence-corrected chi connectivity index (χ0v) is 13.6. The zero-order chi connectivity index (χ0) is 14.4. The minimum atomic E-state index is 0.567. The Kier molecular flexibility index (Phi) is 6.02. The van der Waals surface area contributed by atoms with E-state index in [2.05, 4.69) is 41.7 Å². The van der Waals surface area contributed by atoms with Crippen LogP contribution in [0, 0.1) is 12.8 Å². The first-order valence-electron chi connectivity index (χ1n) is 7.03. The number of benzene rings is 1. The number of hydrogen-bond acceptors (Lipinski definition) is 3. The van der Waals surface area contributed by atoms with Crippen molar-refractivity contribution in [2.24, 2.45) is 5.92 Å². The minimum Gasteiger partial charge on any atom is -0.317 e. The fourth-order valence-corrected chi connectivity index (χ4v) is 3.07. The van der Waals surface area contributed by atoms with Crippen LogP contribution in [-0.2, 0) is 12.8 Å². The van der Waals surface area contributed by atoms with Gasteiger partial charge in [-0.25, -0.2) is 4.98 Å². The van der Waals surface area contributed by atoms with Gasteiger partial charge in [-0.2, -0.15) is 0 Å². The van der Waals surface area contributed by atoms with Gasteiger partial charge in [0.05, 0.1) is 10.7 Å². The Morgan fingerprint density at radius 2 is 2.00 bits per heavy atom. The number of rotatable bonds is 7. The van der Waals surface area contributed by atoms with Crippen LogP contribution in [0.5, 0.6) is 0 Å². The molecule has 2 rings (SSSR count). The fourth-order valence-electron chi connectivity index (χ4n) is 2.32. The Morgan fingerprint density at radius 3 is 2.60 bits per heavy atom. The van der Waals surface area contributed by atoms with Crippen LogP contribution in [0.15, 0.2) is 29.6 Å². The lowest BCUT2D eigenvalue weighted by atomic mass is 9.95. The van der Waals surface area contributed by atoms with Gasteiger partial charge in [0.25, 0.3) is 0 Å². The molecule has 2 aromatic rings. The van der Waals surface area contributed by atoms with Gasteiger partial charge in [-0.15, -0.1) is 11.3 Å². The van der Waals surface area contributed by atoms with Gasteiger partial charge >= 0.3 is 0 Å². The summed E-state index contributed by atoms with van der Waals surface area (Å²) in [6, 6.07) is 8.17. The summed E-state index contributed by atoms with van der Waals surface area (Å²) in [4.78, 5) is 4.58. The molecule has 1 heterocycles. The first-order valence-corrected chi connectivity index (χ1v) is 8.29. The van der Waals surface area contributed by atoms with E-state index in [9.17, 15) is 0 Å². The van der Waals surface area contributed by atoms with Gasteiger partial charge in [0.1, 0.15) is 0 Å². The van der Waals surface area contributed by atoms with E-state index in [-0.39, 0.29) is 0 Å². The third kappa shape index (κ3) is 4.89. The van der Waals surface area contributed by atoms with E-state index in [1.54, 1.807) is 11.3 Å². The SMILES string of the molecule is CCNCC(Cc1ccc(Cl)cc1)Cc1csc(C)n1. The highest BCUT2D eigenvalue weighted by Gasteiger charge is 2.12. The first kappa shape index (κ1) is 15.5. The van der Waals surface area contributed by atoms with Crippen LogP contribution >= 0.6 is 22.9 Å². The summed E-state index contributed by atoms with van der Waals surface area (Å²) in [5.74, 6) is 0.567. The maximum absolute atomic E-state index is 5.94. The second-order valence-electron chi connectivity index (χ2n) is 5.07. The fraction of sp³-hybridized carbons (Fsp3) is 0.438. The molecular formula is C16H21ClN2S. The van der Waals surface area contributed by atoms with E-state index in [4.69, 9.17) is 11.6 Å². The number of hydrogen-bond donors (Lipinski definition) is 1. The largest absolute Gasteiger partial charge is 0.317 e. The molecule has 0 aliphatic rings. The highest BCUT2D eigenvalue weighted by molar-refractivity contribution is 7.09. The van der Waals surface area contributed by atoms with Gasteiger partial charge in [-0.1, -0.05) is 30.7 Å². The second-order valence-corrected chi connectivity index (χ2v) is 6.56. The quantitative estimate of drug-likeness (QED) is 0.832. The Morgan fingerprint density at radius 1 is 1.25 bits per heavy atom. The summed E-state index contributed by atoms with van der Waals surface area (Å²) in [5.41, 5.74) is 2.55. The number of nitrogens with zero attached hydrogens (tertiary/aromatic N) is 1. The number of aryl methyl sites for hydroxylation is 1. The van der Waals surface area contributed by atoms with Gasteiger partial charge in [-0.3, -0.25) is 0 Å². The smallest absolute Gasteiger partial charge is 0.0897 e. The molecular weight excluding hydrogens is 288 g/mol. The lowest BCUT2D eigenvalue weighted by Gasteiger charge is -2.16. The molecule has 0 saturated carbocycles. The van der Waals surface area contributed by atoms with Crippen molar-refractivity contribution in [3.05, 3.63) is 50.9 Å². The third-order valence-electron chi connectivity index (χ3n) is 3.29. The third-order valence-corrected chi connectivity index (χ3v) is 4.36. The van der Waals surface area contributed by atoms with Crippen molar-refractivity contribution in [3.63, 3.8) is 0 Å². The molecule has 20 heavy (non-hydrogen) atoms. The number of thiazole rings is 1. The Hall–Kier alpha value is -0.900. The normalized spacial score (nSPS) is 12.6. The molecule has 1 aromatic carbocycles. The number of halogens is 1. The molecule has 2 nitrogen and oxygen atoms in total. The molecule has 0 bridgehead atoms. The Labute approximate surface area is 130 Å². The highest BCUT2D eigenvalue weighted by Crippen LogP contribution is 2.18. The van der Waals surface area contributed by atoms with Crippen molar-refractivity contribution in [1.29, 1.82) is 0 Å². The molecule has 0 spiro atoms. The second kappa shape index (κ2) is 7.77. The van der Waals surface area contributed by atoms with Gasteiger partial charge in [0.15, 0.2) is 0 Å². The molecule has 0 saturated heterocycles. The summed E-state index contributed by atoms with van der Waals surface area (Å²) >= 11 is 7.67. The molecule has 1 aromatic heterocycles. The van der Waals surface area contributed by atoms with Crippen molar-refractivity contribution in [2.45, 2.75) is 26.7 Å². The highest BCUT2D eigenvalue weighted by atomic mass is 35.5. The zero-order valence-electron chi connectivity index (χ0n) is 12.0. The summed E-state index contributed by atoms with van der Waals surface area (Å²) in [5, 5.41) is 7.58. The lowest BCUT2D eigenvalue weighted by Crippen LogP contribution is -2.25. The van der Waals surface area contributed by atoms with Crippen LogP contribution in [0.3, 0.4) is 0 Å². The van der Waals surface area contributed by atoms with E-state index in [0.717, 1.165) is 36.0 Å². The van der Waals surface area contributed by atoms with E-state index >= 15 is 0 Å². The lowest BCUT2D eigenvalue weighted by molar-refractivity contribution is 0.474. The van der Waals surface area contributed by atoms with Crippen LogP contribution in [0.25, 0.3) is 0 Å². The summed E-state index contributed by atoms with van der Waals surface area (Å²) < 4.78 is 0. The van der Waals surface area contributed by atoms with Crippen LogP contribution in [0.4, 0.5) is 0 Å². The van der Waals surface area contributed by atoms with E-state index in [0.29, 0.717) is 5.92 Å². The maximum atomic E-state index is 5.94. The molecule has 1 N–H and O–H groups in total. The average molecular weight is 309 g/mol. The van der Waals surface area contributed by atoms with Crippen LogP contribution in [0.1, 0.15) is 23.2 Å². The van der Waals surface area contributed by atoms with E-state index < -0.39 is 0 Å². The van der Waals surface area contributed by atoms with Gasteiger partial charge in [0.2, 0.25) is 0 Å². The number of aromatic nitrogens is 1. The van der Waals surface area contributed by atoms with Crippen molar-refractivity contribution in [2.75, 3.05) is 13.1 Å². The summed E-state index contributed by atoms with van der Waals surface area (Å²) in [7, 11) is 0. The van der Waals surface area contributed by atoms with Crippen LogP contribution in [-0.4, -0.2) is 18.1 Å². The Balaban J connectivity index is 2.00. The molecule has 4 heteroatoms. The molecule has 108 valence electrons. The van der Waals surface area contributed by atoms with Crippen molar-refractivity contribution in [1.82, 2.24) is 10.3 Å². The van der Waals surface area contributed by atoms with E-state index in [1.165, 1.54) is 11.3 Å². The van der Waals surface area contributed by atoms with Crippen LogP contribution in [0.2, 0.25) is 5.02 Å². The topological polar surface area (TPSA) is 24.9 Å². The molecule has 1 atom stereocenters. The standard InChI is InChI=1S/C16H21ClN2S/c1-3-18-10-14(9-16-11-20-12(2)19-16)8-13-4-6-15(17)7-5-13/h4-7,11,14,18H,3,8-10H2,1-2H3. The van der Waals surface area contributed by atoms with Crippen molar-refractivity contribution >= 4 is 22.9 Å². The van der Waals surface area contributed by atoms with Gasteiger partial charge in [0, 0.05) is 10.4 Å². The van der Waals surface area contributed by atoms with E-state index in [1.807, 2.05) is 12.1 Å². The van der Waals surface area contributed by atoms with Gasteiger partial charge in [-0.05, 0) is 56.5 Å². The first-order chi connectivity index (χ1) is 9.67. The summed E-state index contributed by atoms with van der Waals surface area (Å²) in [6.07, 6.45) is 2.08. The monoisotopic (exact) mass is 308 g/mol. The van der Waals surface area contributed by atoms with Gasteiger partial charge < -0.3 is 5.32 Å². The molecule has 0 amide bonds. The molecule has 0 aliphatic carbocycles. The average Bonchev–Trinajstić information content (AvgIpc) is 2.84. The summed E-state index contributed by atoms with van der Waals surface area (Å²) in [6.45, 7) is 6.24. The molecule has 0 radical (unpaired) electrons. The molecule has 1 unspecified atom stereocenters. The molecule has 0 fully saturated rings. The Bertz CT molecular complexity index is 522. The number of nitrogens with one attached hydrogen (secondary N) is 1.